The van der Waals surface area contributed by atoms with Crippen molar-refractivity contribution in [3.8, 4) is 22.8 Å². The number of benzene rings is 1. The molecule has 0 atom stereocenters. The third kappa shape index (κ3) is 3.62. The summed E-state index contributed by atoms with van der Waals surface area (Å²) in [5, 5.41) is 0. The fraction of sp³-hybridized carbons (Fsp3) is 0.412. The van der Waals surface area contributed by atoms with E-state index in [4.69, 9.17) is 9.47 Å². The van der Waals surface area contributed by atoms with E-state index in [9.17, 15) is 13.2 Å². The van der Waals surface area contributed by atoms with E-state index in [1.807, 2.05) is 0 Å². The van der Waals surface area contributed by atoms with Crippen molar-refractivity contribution in [1.29, 1.82) is 0 Å². The molecule has 3 rings (SSSR count). The van der Waals surface area contributed by atoms with Crippen molar-refractivity contribution in [3.63, 3.8) is 0 Å². The Bertz CT molecular complexity index is 759. The number of aromatic nitrogens is 2. The average Bonchev–Trinajstić information content (AvgIpc) is 3.14. The fourth-order valence-corrected chi connectivity index (χ4v) is 2.78. The van der Waals surface area contributed by atoms with E-state index < -0.39 is 11.9 Å². The number of ether oxygens (including phenoxy) is 2. The number of nitrogens with zero attached hydrogens (tertiary/aromatic N) is 3. The van der Waals surface area contributed by atoms with Crippen LogP contribution in [-0.2, 0) is 6.18 Å². The average molecular weight is 353 g/mol. The predicted molar refractivity (Wildman–Crippen MR) is 87.0 cm³/mol. The van der Waals surface area contributed by atoms with Gasteiger partial charge in [-0.1, -0.05) is 0 Å². The normalized spacial score (nSPS) is 14.7. The molecule has 0 unspecified atom stereocenters. The molecule has 1 saturated heterocycles. The van der Waals surface area contributed by atoms with Crippen LogP contribution in [0.5, 0.6) is 11.5 Å². The molecule has 8 heteroatoms. The summed E-state index contributed by atoms with van der Waals surface area (Å²) in [6.45, 7) is 1.32. The number of methoxy groups -OCH3 is 2. The Labute approximate surface area is 143 Å². The van der Waals surface area contributed by atoms with Crippen LogP contribution < -0.4 is 14.4 Å². The van der Waals surface area contributed by atoms with Crippen LogP contribution in [0.3, 0.4) is 0 Å². The first-order valence-corrected chi connectivity index (χ1v) is 7.86. The number of rotatable bonds is 4. The Morgan fingerprint density at radius 3 is 2.24 bits per heavy atom. The summed E-state index contributed by atoms with van der Waals surface area (Å²) in [7, 11) is 2.97. The van der Waals surface area contributed by atoms with Crippen LogP contribution in [0.4, 0.5) is 19.1 Å². The molecule has 0 saturated carbocycles. The molecule has 5 nitrogen and oxygen atoms in total. The molecular formula is C17H18F3N3O2. The highest BCUT2D eigenvalue weighted by Crippen LogP contribution is 2.35. The number of hydrogen-bond donors (Lipinski definition) is 0. The van der Waals surface area contributed by atoms with Crippen molar-refractivity contribution in [2.24, 2.45) is 0 Å². The summed E-state index contributed by atoms with van der Waals surface area (Å²) in [6.07, 6.45) is -2.70. The summed E-state index contributed by atoms with van der Waals surface area (Å²) in [6, 6.07) is 5.85. The first-order chi connectivity index (χ1) is 11.9. The molecule has 1 fully saturated rings. The summed E-state index contributed by atoms with van der Waals surface area (Å²) in [5.41, 5.74) is -0.245. The Kier molecular flexibility index (Phi) is 4.69. The molecule has 1 aliphatic heterocycles. The lowest BCUT2D eigenvalue weighted by atomic mass is 10.1. The van der Waals surface area contributed by atoms with Crippen LogP contribution in [0, 0.1) is 0 Å². The van der Waals surface area contributed by atoms with Gasteiger partial charge in [-0.3, -0.25) is 0 Å². The molecule has 1 aliphatic rings. The molecule has 1 aromatic heterocycles. The van der Waals surface area contributed by atoms with Crippen LogP contribution in [0.1, 0.15) is 18.5 Å². The lowest BCUT2D eigenvalue weighted by molar-refractivity contribution is -0.141. The molecule has 2 heterocycles. The van der Waals surface area contributed by atoms with Crippen LogP contribution >= 0.6 is 0 Å². The minimum absolute atomic E-state index is 0.108. The SMILES string of the molecule is COc1ccc(-c2cc(C(F)(F)F)nc(N3CCCC3)n2)cc1OC. The van der Waals surface area contributed by atoms with Gasteiger partial charge in [0, 0.05) is 18.7 Å². The van der Waals surface area contributed by atoms with Gasteiger partial charge in [-0.15, -0.1) is 0 Å². The van der Waals surface area contributed by atoms with Gasteiger partial charge in [0.25, 0.3) is 0 Å². The fourth-order valence-electron chi connectivity index (χ4n) is 2.78. The standard InChI is InChI=1S/C17H18F3N3O2/c1-24-13-6-5-11(9-14(13)25-2)12-10-15(17(18,19)20)22-16(21-12)23-7-3-4-8-23/h5-6,9-10H,3-4,7-8H2,1-2H3. The van der Waals surface area contributed by atoms with Gasteiger partial charge in [0.15, 0.2) is 17.2 Å². The van der Waals surface area contributed by atoms with Gasteiger partial charge in [0.1, 0.15) is 0 Å². The number of anilines is 1. The van der Waals surface area contributed by atoms with Crippen LogP contribution in [0.25, 0.3) is 11.3 Å². The van der Waals surface area contributed by atoms with Crippen molar-refractivity contribution >= 4 is 5.95 Å². The summed E-state index contributed by atoms with van der Waals surface area (Å²) in [4.78, 5) is 9.85. The van der Waals surface area contributed by atoms with E-state index in [1.165, 1.54) is 14.2 Å². The maximum absolute atomic E-state index is 13.3. The largest absolute Gasteiger partial charge is 0.493 e. The second kappa shape index (κ2) is 6.78. The number of halogens is 3. The third-order valence-corrected chi connectivity index (χ3v) is 4.07. The minimum atomic E-state index is -4.54. The molecule has 0 N–H and O–H groups in total. The number of alkyl halides is 3. The van der Waals surface area contributed by atoms with Gasteiger partial charge >= 0.3 is 6.18 Å². The highest BCUT2D eigenvalue weighted by Gasteiger charge is 2.34. The maximum atomic E-state index is 13.3. The van der Waals surface area contributed by atoms with Crippen molar-refractivity contribution in [3.05, 3.63) is 30.0 Å². The lowest BCUT2D eigenvalue weighted by Gasteiger charge is -2.18. The first kappa shape index (κ1) is 17.3. The smallest absolute Gasteiger partial charge is 0.433 e. The molecule has 0 bridgehead atoms. The Balaban J connectivity index is 2.09. The molecule has 0 amide bonds. The van der Waals surface area contributed by atoms with E-state index in [0.717, 1.165) is 18.9 Å². The minimum Gasteiger partial charge on any atom is -0.493 e. The zero-order chi connectivity index (χ0) is 18.0. The van der Waals surface area contributed by atoms with E-state index in [0.29, 0.717) is 30.2 Å². The third-order valence-electron chi connectivity index (χ3n) is 4.07. The molecule has 0 radical (unpaired) electrons. The monoisotopic (exact) mass is 353 g/mol. The Morgan fingerprint density at radius 2 is 1.64 bits per heavy atom. The maximum Gasteiger partial charge on any atom is 0.433 e. The molecule has 134 valence electrons. The van der Waals surface area contributed by atoms with Gasteiger partial charge in [-0.05, 0) is 37.1 Å². The number of hydrogen-bond acceptors (Lipinski definition) is 5. The molecule has 0 aliphatic carbocycles. The quantitative estimate of drug-likeness (QED) is 0.837. The molecule has 25 heavy (non-hydrogen) atoms. The highest BCUT2D eigenvalue weighted by atomic mass is 19.4. The predicted octanol–water partition coefficient (Wildman–Crippen LogP) is 3.78. The Morgan fingerprint density at radius 1 is 0.960 bits per heavy atom. The summed E-state index contributed by atoms with van der Waals surface area (Å²) in [5.74, 6) is 1.03. The molecule has 2 aromatic rings. The van der Waals surface area contributed by atoms with E-state index in [2.05, 4.69) is 9.97 Å². The van der Waals surface area contributed by atoms with Crippen molar-refractivity contribution in [2.75, 3.05) is 32.2 Å². The summed E-state index contributed by atoms with van der Waals surface area (Å²) >= 11 is 0. The molecule has 1 aromatic carbocycles. The van der Waals surface area contributed by atoms with Crippen LogP contribution in [0.2, 0.25) is 0 Å². The van der Waals surface area contributed by atoms with E-state index in [1.54, 1.807) is 23.1 Å². The van der Waals surface area contributed by atoms with Crippen LogP contribution in [-0.4, -0.2) is 37.3 Å². The zero-order valence-corrected chi connectivity index (χ0v) is 13.9. The van der Waals surface area contributed by atoms with E-state index in [-0.39, 0.29) is 11.6 Å². The van der Waals surface area contributed by atoms with Gasteiger partial charge in [0.05, 0.1) is 19.9 Å². The molecule has 0 spiro atoms. The second-order valence-corrected chi connectivity index (χ2v) is 5.70. The topological polar surface area (TPSA) is 47.5 Å². The zero-order valence-electron chi connectivity index (χ0n) is 13.9. The Hall–Kier alpha value is -2.51. The lowest BCUT2D eigenvalue weighted by Crippen LogP contribution is -2.22. The highest BCUT2D eigenvalue weighted by molar-refractivity contribution is 5.65. The van der Waals surface area contributed by atoms with Gasteiger partial charge in [0.2, 0.25) is 5.95 Å². The van der Waals surface area contributed by atoms with Crippen molar-refractivity contribution in [1.82, 2.24) is 9.97 Å². The molecular weight excluding hydrogens is 335 g/mol. The van der Waals surface area contributed by atoms with Crippen LogP contribution in [0.15, 0.2) is 24.3 Å². The van der Waals surface area contributed by atoms with Gasteiger partial charge in [-0.25, -0.2) is 9.97 Å². The first-order valence-electron chi connectivity index (χ1n) is 7.86. The van der Waals surface area contributed by atoms with Crippen molar-refractivity contribution in [2.45, 2.75) is 19.0 Å². The van der Waals surface area contributed by atoms with Gasteiger partial charge < -0.3 is 14.4 Å². The van der Waals surface area contributed by atoms with Gasteiger partial charge in [-0.2, -0.15) is 13.2 Å². The van der Waals surface area contributed by atoms with E-state index >= 15 is 0 Å². The second-order valence-electron chi connectivity index (χ2n) is 5.70. The summed E-state index contributed by atoms with van der Waals surface area (Å²) < 4.78 is 50.2. The van der Waals surface area contributed by atoms with Crippen molar-refractivity contribution < 1.29 is 22.6 Å².